The van der Waals surface area contributed by atoms with Crippen molar-refractivity contribution in [2.24, 2.45) is 0 Å². The number of para-hydroxylation sites is 1. The third-order valence-corrected chi connectivity index (χ3v) is 4.59. The first kappa shape index (κ1) is 12.3. The van der Waals surface area contributed by atoms with Crippen molar-refractivity contribution in [2.75, 3.05) is 0 Å². The maximum atomic E-state index is 4.84. The molecule has 1 aromatic carbocycles. The monoisotopic (exact) mass is 291 g/mol. The summed E-state index contributed by atoms with van der Waals surface area (Å²) in [6, 6.07) is 12.3. The molecule has 21 heavy (non-hydrogen) atoms. The number of fused-ring (bicyclic) bond motifs is 1. The number of aryl methyl sites for hydroxylation is 1. The van der Waals surface area contributed by atoms with Crippen molar-refractivity contribution >= 4 is 22.2 Å². The quantitative estimate of drug-likeness (QED) is 0.583. The molecule has 3 nitrogen and oxygen atoms in total. The van der Waals surface area contributed by atoms with Crippen LogP contribution >= 0.6 is 11.3 Å². The van der Waals surface area contributed by atoms with Crippen molar-refractivity contribution in [3.8, 4) is 21.8 Å². The van der Waals surface area contributed by atoms with E-state index in [0.29, 0.717) is 0 Å². The Morgan fingerprint density at radius 1 is 1.05 bits per heavy atom. The fraction of sp³-hybridized carbons (Fsp3) is 0.0588. The van der Waals surface area contributed by atoms with Gasteiger partial charge in [-0.05, 0) is 25.1 Å². The Labute approximate surface area is 126 Å². The van der Waals surface area contributed by atoms with Gasteiger partial charge in [-0.2, -0.15) is 0 Å². The average molecular weight is 291 g/mol. The Kier molecular flexibility index (Phi) is 2.82. The number of pyridine rings is 1. The number of rotatable bonds is 2. The van der Waals surface area contributed by atoms with E-state index in [-0.39, 0.29) is 0 Å². The lowest BCUT2D eigenvalue weighted by molar-refractivity contribution is 1.31. The van der Waals surface area contributed by atoms with E-state index in [4.69, 9.17) is 4.98 Å². The SMILES string of the molecule is Cc1sc(-c2ccncc2)nc1-c1c[nH]c2ccccc12. The highest BCUT2D eigenvalue weighted by Crippen LogP contribution is 2.36. The Hall–Kier alpha value is -2.46. The molecule has 0 fully saturated rings. The van der Waals surface area contributed by atoms with E-state index >= 15 is 0 Å². The Morgan fingerprint density at radius 3 is 2.71 bits per heavy atom. The van der Waals surface area contributed by atoms with Gasteiger partial charge in [0.1, 0.15) is 5.01 Å². The minimum atomic E-state index is 1.04. The minimum Gasteiger partial charge on any atom is -0.360 e. The number of nitrogens with one attached hydrogen (secondary N) is 1. The molecule has 3 aromatic heterocycles. The second kappa shape index (κ2) is 4.82. The van der Waals surface area contributed by atoms with E-state index in [0.717, 1.165) is 21.8 Å². The van der Waals surface area contributed by atoms with Crippen LogP contribution in [0.1, 0.15) is 4.88 Å². The molecule has 0 bridgehead atoms. The molecule has 0 spiro atoms. The topological polar surface area (TPSA) is 41.6 Å². The van der Waals surface area contributed by atoms with Gasteiger partial charge in [-0.3, -0.25) is 4.98 Å². The Bertz CT molecular complexity index is 906. The third-order valence-electron chi connectivity index (χ3n) is 3.57. The summed E-state index contributed by atoms with van der Waals surface area (Å²) in [5, 5.41) is 2.25. The van der Waals surface area contributed by atoms with Gasteiger partial charge in [0.25, 0.3) is 0 Å². The molecule has 0 aliphatic rings. The summed E-state index contributed by atoms with van der Waals surface area (Å²) in [4.78, 5) is 13.5. The molecule has 0 aliphatic heterocycles. The lowest BCUT2D eigenvalue weighted by Gasteiger charge is -1.96. The van der Waals surface area contributed by atoms with Crippen LogP contribution in [0, 0.1) is 6.92 Å². The molecule has 0 aliphatic carbocycles. The van der Waals surface area contributed by atoms with E-state index in [1.54, 1.807) is 23.7 Å². The molecule has 0 unspecified atom stereocenters. The highest BCUT2D eigenvalue weighted by atomic mass is 32.1. The van der Waals surface area contributed by atoms with Crippen molar-refractivity contribution in [3.05, 3.63) is 59.9 Å². The van der Waals surface area contributed by atoms with Crippen LogP contribution in [0.4, 0.5) is 0 Å². The van der Waals surface area contributed by atoms with E-state index in [2.05, 4.69) is 35.1 Å². The average Bonchev–Trinajstić information content (AvgIpc) is 3.11. The summed E-state index contributed by atoms with van der Waals surface area (Å²) < 4.78 is 0. The first-order chi connectivity index (χ1) is 10.3. The maximum absolute atomic E-state index is 4.84. The van der Waals surface area contributed by atoms with Gasteiger partial charge in [0.05, 0.1) is 5.69 Å². The minimum absolute atomic E-state index is 1.04. The molecule has 4 aromatic rings. The molecular weight excluding hydrogens is 278 g/mol. The molecular formula is C17H13N3S. The van der Waals surface area contributed by atoms with Crippen LogP contribution in [-0.4, -0.2) is 15.0 Å². The number of aromatic amines is 1. The number of H-pyrrole nitrogens is 1. The second-order valence-corrected chi connectivity index (χ2v) is 6.11. The fourth-order valence-corrected chi connectivity index (χ4v) is 3.46. The molecule has 102 valence electrons. The van der Waals surface area contributed by atoms with Crippen LogP contribution in [0.2, 0.25) is 0 Å². The van der Waals surface area contributed by atoms with Crippen molar-refractivity contribution in [1.29, 1.82) is 0 Å². The molecule has 4 rings (SSSR count). The molecule has 1 N–H and O–H groups in total. The molecule has 0 amide bonds. The summed E-state index contributed by atoms with van der Waals surface area (Å²) in [5.74, 6) is 0. The van der Waals surface area contributed by atoms with Crippen LogP contribution in [0.5, 0.6) is 0 Å². The zero-order chi connectivity index (χ0) is 14.2. The first-order valence-electron chi connectivity index (χ1n) is 6.77. The van der Waals surface area contributed by atoms with E-state index in [1.165, 1.54) is 15.8 Å². The standard InChI is InChI=1S/C17H13N3S/c1-11-16(14-10-19-15-5-3-2-4-13(14)15)20-17(21-11)12-6-8-18-9-7-12/h2-10,19H,1H3. The number of hydrogen-bond donors (Lipinski definition) is 1. The van der Waals surface area contributed by atoms with Crippen molar-refractivity contribution in [1.82, 2.24) is 15.0 Å². The van der Waals surface area contributed by atoms with Crippen LogP contribution in [-0.2, 0) is 0 Å². The van der Waals surface area contributed by atoms with Crippen LogP contribution in [0.25, 0.3) is 32.7 Å². The van der Waals surface area contributed by atoms with Crippen LogP contribution in [0.15, 0.2) is 55.0 Å². The number of hydrogen-bond acceptors (Lipinski definition) is 3. The first-order valence-corrected chi connectivity index (χ1v) is 7.59. The zero-order valence-electron chi connectivity index (χ0n) is 11.5. The summed E-state index contributed by atoms with van der Waals surface area (Å²) in [6.07, 6.45) is 5.65. The smallest absolute Gasteiger partial charge is 0.124 e. The number of benzene rings is 1. The van der Waals surface area contributed by atoms with Crippen molar-refractivity contribution in [3.63, 3.8) is 0 Å². The maximum Gasteiger partial charge on any atom is 0.124 e. The normalized spacial score (nSPS) is 11.1. The second-order valence-electron chi connectivity index (χ2n) is 4.91. The van der Waals surface area contributed by atoms with Gasteiger partial charge < -0.3 is 4.98 Å². The van der Waals surface area contributed by atoms with Gasteiger partial charge in [0.2, 0.25) is 0 Å². The van der Waals surface area contributed by atoms with E-state index < -0.39 is 0 Å². The largest absolute Gasteiger partial charge is 0.360 e. The summed E-state index contributed by atoms with van der Waals surface area (Å²) in [6.45, 7) is 2.12. The van der Waals surface area contributed by atoms with Gasteiger partial charge in [0, 0.05) is 45.5 Å². The van der Waals surface area contributed by atoms with Gasteiger partial charge in [-0.1, -0.05) is 18.2 Å². The van der Waals surface area contributed by atoms with Crippen LogP contribution < -0.4 is 0 Å². The molecule has 4 heteroatoms. The lowest BCUT2D eigenvalue weighted by Crippen LogP contribution is -1.80. The van der Waals surface area contributed by atoms with Gasteiger partial charge in [-0.25, -0.2) is 4.98 Å². The molecule has 0 atom stereocenters. The summed E-state index contributed by atoms with van der Waals surface area (Å²) >= 11 is 1.72. The summed E-state index contributed by atoms with van der Waals surface area (Å²) in [5.41, 5.74) is 4.48. The predicted octanol–water partition coefficient (Wildman–Crippen LogP) is 4.66. The highest BCUT2D eigenvalue weighted by molar-refractivity contribution is 7.15. The molecule has 0 saturated carbocycles. The van der Waals surface area contributed by atoms with Gasteiger partial charge in [-0.15, -0.1) is 11.3 Å². The molecule has 0 radical (unpaired) electrons. The number of thiazole rings is 1. The Balaban J connectivity index is 1.88. The van der Waals surface area contributed by atoms with E-state index in [1.807, 2.05) is 24.4 Å². The fourth-order valence-electron chi connectivity index (χ4n) is 2.53. The predicted molar refractivity (Wildman–Crippen MR) is 87.4 cm³/mol. The number of aromatic nitrogens is 3. The third kappa shape index (κ3) is 2.04. The molecule has 3 heterocycles. The van der Waals surface area contributed by atoms with Crippen molar-refractivity contribution in [2.45, 2.75) is 6.92 Å². The van der Waals surface area contributed by atoms with E-state index in [9.17, 15) is 0 Å². The van der Waals surface area contributed by atoms with Gasteiger partial charge in [0.15, 0.2) is 0 Å². The highest BCUT2D eigenvalue weighted by Gasteiger charge is 2.14. The Morgan fingerprint density at radius 2 is 1.86 bits per heavy atom. The summed E-state index contributed by atoms with van der Waals surface area (Å²) in [7, 11) is 0. The molecule has 0 saturated heterocycles. The van der Waals surface area contributed by atoms with Gasteiger partial charge >= 0.3 is 0 Å². The number of nitrogens with zero attached hydrogens (tertiary/aromatic N) is 2. The van der Waals surface area contributed by atoms with Crippen LogP contribution in [0.3, 0.4) is 0 Å². The lowest BCUT2D eigenvalue weighted by atomic mass is 10.1. The zero-order valence-corrected chi connectivity index (χ0v) is 12.3. The van der Waals surface area contributed by atoms with Crippen molar-refractivity contribution < 1.29 is 0 Å².